The van der Waals surface area contributed by atoms with Crippen LogP contribution < -0.4 is 15.9 Å². The van der Waals surface area contributed by atoms with Crippen LogP contribution in [0, 0.1) is 0 Å². The summed E-state index contributed by atoms with van der Waals surface area (Å²) in [5.74, 6) is 0. The van der Waals surface area contributed by atoms with Crippen molar-refractivity contribution in [2.24, 2.45) is 5.73 Å². The molecule has 0 unspecified atom stereocenters. The fourth-order valence-corrected chi connectivity index (χ4v) is 1.44. The Labute approximate surface area is 132 Å². The van der Waals surface area contributed by atoms with E-state index in [1.54, 1.807) is 4.90 Å². The predicted molar refractivity (Wildman–Crippen MR) is 67.2 cm³/mol. The Morgan fingerprint density at radius 3 is 1.27 bits per heavy atom. The third-order valence-corrected chi connectivity index (χ3v) is 1.53. The monoisotopic (exact) mass is 276 g/mol. The van der Waals surface area contributed by atoms with Gasteiger partial charge in [-0.15, -0.1) is 0 Å². The smallest absolute Gasteiger partial charge is 0.852 e. The normalized spacial score (nSPS) is 8.67. The van der Waals surface area contributed by atoms with Crippen LogP contribution in [0.1, 0.15) is 27.7 Å². The van der Waals surface area contributed by atoms with Gasteiger partial charge in [-0.3, -0.25) is 0 Å². The largest absolute Gasteiger partial charge is 2.00 e. The van der Waals surface area contributed by atoms with Crippen LogP contribution in [0.3, 0.4) is 0 Å². The average molecular weight is 276 g/mol. The second-order valence-corrected chi connectivity index (χ2v) is 3.93. The van der Waals surface area contributed by atoms with E-state index >= 15 is 0 Å². The Morgan fingerprint density at radius 2 is 1.27 bits per heavy atom. The number of nitrogens with zero attached hydrogens (tertiary/aromatic N) is 1. The molecule has 7 heteroatoms. The van der Waals surface area contributed by atoms with Crippen LogP contribution in [0.2, 0.25) is 0 Å². The zero-order valence-electron chi connectivity index (χ0n) is 9.52. The van der Waals surface area contributed by atoms with Gasteiger partial charge in [-0.05, 0) is 27.7 Å². The summed E-state index contributed by atoms with van der Waals surface area (Å²) >= 11 is 8.30. The molecule has 0 atom stereocenters. The molecule has 0 aliphatic rings. The molecule has 0 heterocycles. The molecule has 0 aromatic carbocycles. The Kier molecular flexibility index (Phi) is 15.6. The van der Waals surface area contributed by atoms with Gasteiger partial charge in [0.1, 0.15) is 0 Å². The zero-order chi connectivity index (χ0) is 11.9. The van der Waals surface area contributed by atoms with Crippen molar-refractivity contribution in [1.29, 1.82) is 0 Å². The minimum Gasteiger partial charge on any atom is -0.852 e. The van der Waals surface area contributed by atoms with Crippen LogP contribution >= 0.6 is 24.4 Å². The molecule has 0 spiro atoms. The van der Waals surface area contributed by atoms with Crippen LogP contribution in [0.5, 0.6) is 0 Å². The fraction of sp³-hybridized carbons (Fsp3) is 0.750. The van der Waals surface area contributed by atoms with Gasteiger partial charge < -0.3 is 20.8 Å². The van der Waals surface area contributed by atoms with E-state index in [0.717, 1.165) is 0 Å². The van der Waals surface area contributed by atoms with Crippen LogP contribution in [0.15, 0.2) is 0 Å². The van der Waals surface area contributed by atoms with Crippen molar-refractivity contribution < 1.29 is 10.2 Å². The molecule has 84 valence electrons. The first kappa shape index (κ1) is 21.0. The standard InChI is InChI=1S/C7H15NOS.CH3NOS.Ca/c1-5(2)8(6(3)4)7(9)10;2-1(3)4;/h5-6H,1-4H3,(H,9,10);(H3,2,3,4);/q;;+2/p-2. The SMILES string of the molecule is CC(C)N(C([O-])=S)C(C)C.NC([O-])=S.[Ca+2]. The van der Waals surface area contributed by atoms with Gasteiger partial charge in [0.25, 0.3) is 0 Å². The molecule has 0 aromatic heterocycles. The molecule has 0 aliphatic carbocycles. The maximum atomic E-state index is 10.8. The van der Waals surface area contributed by atoms with Gasteiger partial charge in [0.2, 0.25) is 0 Å². The molecule has 0 amide bonds. The summed E-state index contributed by atoms with van der Waals surface area (Å²) in [6.07, 6.45) is 0. The van der Waals surface area contributed by atoms with Gasteiger partial charge in [-0.1, -0.05) is 24.4 Å². The quantitative estimate of drug-likeness (QED) is 0.513. The number of rotatable bonds is 2. The number of thiocarbonyl (C=S) groups is 2. The zero-order valence-corrected chi connectivity index (χ0v) is 13.4. The minimum absolute atomic E-state index is 0. The van der Waals surface area contributed by atoms with Gasteiger partial charge >= 0.3 is 37.7 Å². The van der Waals surface area contributed by atoms with Gasteiger partial charge in [0.15, 0.2) is 0 Å². The third kappa shape index (κ3) is 14.6. The van der Waals surface area contributed by atoms with Crippen LogP contribution in [0.25, 0.3) is 0 Å². The van der Waals surface area contributed by atoms with E-state index in [9.17, 15) is 5.11 Å². The second-order valence-electron chi connectivity index (χ2n) is 3.18. The topological polar surface area (TPSA) is 75.4 Å². The Bertz CT molecular complexity index is 189. The van der Waals surface area contributed by atoms with E-state index in [-0.39, 0.29) is 55.0 Å². The summed E-state index contributed by atoms with van der Waals surface area (Å²) in [6.45, 7) is 7.85. The first-order valence-electron chi connectivity index (χ1n) is 4.15. The predicted octanol–water partition coefficient (Wildman–Crippen LogP) is -1.04. The van der Waals surface area contributed by atoms with Gasteiger partial charge in [-0.25, -0.2) is 0 Å². The third-order valence-electron chi connectivity index (χ3n) is 1.32. The van der Waals surface area contributed by atoms with Crippen molar-refractivity contribution in [3.05, 3.63) is 0 Å². The molecule has 0 saturated carbocycles. The number of nitrogens with two attached hydrogens (primary N) is 1. The maximum Gasteiger partial charge on any atom is 2.00 e. The van der Waals surface area contributed by atoms with E-state index in [1.807, 2.05) is 27.7 Å². The van der Waals surface area contributed by atoms with Crippen molar-refractivity contribution in [2.75, 3.05) is 0 Å². The van der Waals surface area contributed by atoms with Gasteiger partial charge in [0.05, 0.1) is 0 Å². The molecular formula is C8H16CaN2O2S2. The summed E-state index contributed by atoms with van der Waals surface area (Å²) < 4.78 is 0. The summed E-state index contributed by atoms with van der Waals surface area (Å²) in [5, 5.41) is 18.8. The number of hydrogen-bond acceptors (Lipinski definition) is 4. The van der Waals surface area contributed by atoms with Gasteiger partial charge in [-0.2, -0.15) is 0 Å². The number of hydrogen-bond donors (Lipinski definition) is 1. The van der Waals surface area contributed by atoms with Gasteiger partial charge in [0, 0.05) is 22.4 Å². The first-order chi connectivity index (χ1) is 6.20. The van der Waals surface area contributed by atoms with E-state index in [1.165, 1.54) is 0 Å². The Morgan fingerprint density at radius 1 is 1.07 bits per heavy atom. The molecule has 15 heavy (non-hydrogen) atoms. The summed E-state index contributed by atoms with van der Waals surface area (Å²) in [4.78, 5) is 1.68. The van der Waals surface area contributed by atoms with Crippen molar-refractivity contribution >= 4 is 72.5 Å². The molecule has 2 N–H and O–H groups in total. The van der Waals surface area contributed by atoms with Crippen molar-refractivity contribution in [3.63, 3.8) is 0 Å². The van der Waals surface area contributed by atoms with Crippen LogP contribution in [-0.4, -0.2) is 65.1 Å². The molecule has 0 bridgehead atoms. The summed E-state index contributed by atoms with van der Waals surface area (Å²) in [6, 6.07) is 0.426. The maximum absolute atomic E-state index is 10.8. The second kappa shape index (κ2) is 11.1. The average Bonchev–Trinajstić information content (AvgIpc) is 1.80. The molecule has 4 nitrogen and oxygen atoms in total. The minimum atomic E-state index is -0.750. The van der Waals surface area contributed by atoms with Crippen LogP contribution in [-0.2, 0) is 0 Å². The van der Waals surface area contributed by atoms with Crippen LogP contribution in [0.4, 0.5) is 0 Å². The molecule has 0 aromatic rings. The molecule has 0 rings (SSSR count). The van der Waals surface area contributed by atoms with E-state index in [4.69, 9.17) is 5.11 Å². The fourth-order valence-electron chi connectivity index (χ4n) is 1.02. The molecule has 0 saturated heterocycles. The summed E-state index contributed by atoms with van der Waals surface area (Å²) in [5.41, 5.74) is 4.29. The molecule has 0 aliphatic heterocycles. The molecule has 0 radical (unpaired) electrons. The Hall–Kier alpha value is 0.640. The molecule has 0 fully saturated rings. The van der Waals surface area contributed by atoms with Crippen molar-refractivity contribution in [2.45, 2.75) is 39.8 Å². The van der Waals surface area contributed by atoms with E-state index < -0.39 is 5.17 Å². The first-order valence-corrected chi connectivity index (χ1v) is 4.97. The molecular weight excluding hydrogens is 260 g/mol. The summed E-state index contributed by atoms with van der Waals surface area (Å²) in [7, 11) is 0. The van der Waals surface area contributed by atoms with Crippen molar-refractivity contribution in [1.82, 2.24) is 4.90 Å². The Balaban J connectivity index is -0.000000249. The van der Waals surface area contributed by atoms with E-state index in [2.05, 4.69) is 30.2 Å². The van der Waals surface area contributed by atoms with Crippen molar-refractivity contribution in [3.8, 4) is 0 Å². The van der Waals surface area contributed by atoms with E-state index in [0.29, 0.717) is 0 Å².